The summed E-state index contributed by atoms with van der Waals surface area (Å²) >= 11 is 0. The molecule has 0 aromatic carbocycles. The number of amides is 1. The number of alkyl carbamates (subject to hydrolysis) is 1. The third-order valence-corrected chi connectivity index (χ3v) is 3.35. The first-order chi connectivity index (χ1) is 11.8. The number of nitrogens with zero attached hydrogens (tertiary/aromatic N) is 2. The van der Waals surface area contributed by atoms with Crippen molar-refractivity contribution in [1.82, 2.24) is 21.1 Å². The van der Waals surface area contributed by atoms with Crippen molar-refractivity contribution < 1.29 is 14.1 Å². The maximum Gasteiger partial charge on any atom is 0.407 e. The van der Waals surface area contributed by atoms with Gasteiger partial charge in [-0.05, 0) is 27.2 Å². The number of aromatic nitrogens is 1. The highest BCUT2D eigenvalue weighted by Gasteiger charge is 2.16. The Hall–Kier alpha value is -1.52. The fourth-order valence-electron chi connectivity index (χ4n) is 2.19. The Morgan fingerprint density at radius 3 is 2.35 bits per heavy atom. The van der Waals surface area contributed by atoms with Gasteiger partial charge in [-0.25, -0.2) is 4.79 Å². The molecular formula is C17H32IN5O3. The molecule has 1 aromatic rings. The number of guanidine groups is 1. The zero-order valence-corrected chi connectivity index (χ0v) is 18.9. The number of carbonyl (C=O) groups is 1. The average Bonchev–Trinajstić information content (AvgIpc) is 2.94. The first-order valence-electron chi connectivity index (χ1n) is 8.68. The van der Waals surface area contributed by atoms with Crippen molar-refractivity contribution in [2.45, 2.75) is 59.6 Å². The summed E-state index contributed by atoms with van der Waals surface area (Å²) in [6, 6.07) is 0. The predicted molar refractivity (Wildman–Crippen MR) is 113 cm³/mol. The van der Waals surface area contributed by atoms with Crippen LogP contribution in [0.15, 0.2) is 9.52 Å². The molecule has 1 amide bonds. The van der Waals surface area contributed by atoms with Crippen molar-refractivity contribution in [3.63, 3.8) is 0 Å². The van der Waals surface area contributed by atoms with Crippen LogP contribution in [0.1, 0.15) is 51.6 Å². The van der Waals surface area contributed by atoms with Gasteiger partial charge in [0.2, 0.25) is 0 Å². The van der Waals surface area contributed by atoms with E-state index in [1.807, 2.05) is 27.7 Å². The lowest BCUT2D eigenvalue weighted by atomic mass is 10.1. The fraction of sp³-hybridized carbons (Fsp3) is 0.706. The number of aliphatic imine (C=N–C) groups is 1. The SMILES string of the molecule is CCc1noc(CC)c1CNC(=NC)NCCNC(=O)OC(C)(C)C.I. The first kappa shape index (κ1) is 24.5. The third kappa shape index (κ3) is 8.72. The minimum atomic E-state index is -0.498. The molecule has 0 radical (unpaired) electrons. The molecule has 0 spiro atoms. The van der Waals surface area contributed by atoms with Crippen LogP contribution < -0.4 is 16.0 Å². The van der Waals surface area contributed by atoms with Gasteiger partial charge in [0.05, 0.1) is 5.69 Å². The Labute approximate surface area is 172 Å². The molecule has 0 bridgehead atoms. The molecule has 8 nitrogen and oxygen atoms in total. The third-order valence-electron chi connectivity index (χ3n) is 3.35. The molecule has 150 valence electrons. The molecule has 0 saturated carbocycles. The number of aryl methyl sites for hydroxylation is 2. The summed E-state index contributed by atoms with van der Waals surface area (Å²) in [7, 11) is 1.70. The zero-order valence-electron chi connectivity index (χ0n) is 16.6. The number of hydrogen-bond acceptors (Lipinski definition) is 5. The first-order valence-corrected chi connectivity index (χ1v) is 8.68. The topological polar surface area (TPSA) is 101 Å². The van der Waals surface area contributed by atoms with E-state index in [0.717, 1.165) is 29.9 Å². The molecule has 1 rings (SSSR count). The summed E-state index contributed by atoms with van der Waals surface area (Å²) in [5.41, 5.74) is 1.55. The second-order valence-electron chi connectivity index (χ2n) is 6.52. The molecule has 0 atom stereocenters. The van der Waals surface area contributed by atoms with Gasteiger partial charge in [-0.3, -0.25) is 4.99 Å². The van der Waals surface area contributed by atoms with Crippen molar-refractivity contribution in [2.24, 2.45) is 4.99 Å². The lowest BCUT2D eigenvalue weighted by Crippen LogP contribution is -2.42. The van der Waals surface area contributed by atoms with E-state index in [1.165, 1.54) is 0 Å². The Bertz CT molecular complexity index is 560. The lowest BCUT2D eigenvalue weighted by Gasteiger charge is -2.20. The number of nitrogens with one attached hydrogen (secondary N) is 3. The smallest absolute Gasteiger partial charge is 0.407 e. The van der Waals surface area contributed by atoms with E-state index in [2.05, 4.69) is 33.0 Å². The van der Waals surface area contributed by atoms with Crippen LogP contribution >= 0.6 is 24.0 Å². The highest BCUT2D eigenvalue weighted by molar-refractivity contribution is 14.0. The van der Waals surface area contributed by atoms with Gasteiger partial charge < -0.3 is 25.2 Å². The summed E-state index contributed by atoms with van der Waals surface area (Å²) in [4.78, 5) is 15.7. The van der Waals surface area contributed by atoms with Gasteiger partial charge in [0, 0.05) is 38.7 Å². The molecular weight excluding hydrogens is 449 g/mol. The van der Waals surface area contributed by atoms with Crippen LogP contribution in [-0.2, 0) is 24.1 Å². The quantitative estimate of drug-likeness (QED) is 0.240. The standard InChI is InChI=1S/C17H31N5O3.HI/c1-7-13-12(14(8-2)25-22-13)11-21-15(18-6)19-9-10-20-16(23)24-17(3,4)5;/h7-11H2,1-6H3,(H,20,23)(H2,18,19,21);1H. The van der Waals surface area contributed by atoms with E-state index in [-0.39, 0.29) is 24.0 Å². The van der Waals surface area contributed by atoms with Gasteiger partial charge >= 0.3 is 6.09 Å². The highest BCUT2D eigenvalue weighted by atomic mass is 127. The van der Waals surface area contributed by atoms with Crippen molar-refractivity contribution in [3.05, 3.63) is 17.0 Å². The highest BCUT2D eigenvalue weighted by Crippen LogP contribution is 2.15. The van der Waals surface area contributed by atoms with Crippen molar-refractivity contribution in [3.8, 4) is 0 Å². The van der Waals surface area contributed by atoms with Gasteiger partial charge in [-0.15, -0.1) is 24.0 Å². The molecule has 0 aliphatic carbocycles. The molecule has 1 heterocycles. The van der Waals surface area contributed by atoms with Crippen LogP contribution in [0.2, 0.25) is 0 Å². The monoisotopic (exact) mass is 481 g/mol. The second kappa shape index (κ2) is 12.0. The maximum absolute atomic E-state index is 11.6. The lowest BCUT2D eigenvalue weighted by molar-refractivity contribution is 0.0529. The largest absolute Gasteiger partial charge is 0.444 e. The summed E-state index contributed by atoms with van der Waals surface area (Å²) in [5, 5.41) is 13.2. The van der Waals surface area contributed by atoms with Crippen LogP contribution in [0.3, 0.4) is 0 Å². The number of ether oxygens (including phenoxy) is 1. The minimum Gasteiger partial charge on any atom is -0.444 e. The number of rotatable bonds is 7. The van der Waals surface area contributed by atoms with Crippen molar-refractivity contribution in [2.75, 3.05) is 20.1 Å². The van der Waals surface area contributed by atoms with Crippen LogP contribution in [0, 0.1) is 0 Å². The molecule has 9 heteroatoms. The van der Waals surface area contributed by atoms with Gasteiger partial charge in [0.25, 0.3) is 0 Å². The minimum absolute atomic E-state index is 0. The number of carbonyl (C=O) groups excluding carboxylic acids is 1. The van der Waals surface area contributed by atoms with E-state index in [1.54, 1.807) is 7.05 Å². The Morgan fingerprint density at radius 1 is 1.15 bits per heavy atom. The van der Waals surface area contributed by atoms with E-state index in [4.69, 9.17) is 9.26 Å². The van der Waals surface area contributed by atoms with E-state index in [9.17, 15) is 4.79 Å². The maximum atomic E-state index is 11.6. The molecule has 0 aliphatic rings. The molecule has 0 aliphatic heterocycles. The van der Waals surface area contributed by atoms with Crippen LogP contribution in [-0.4, -0.2) is 42.9 Å². The molecule has 3 N–H and O–H groups in total. The summed E-state index contributed by atoms with van der Waals surface area (Å²) in [6.07, 6.45) is 1.20. The van der Waals surface area contributed by atoms with Crippen molar-refractivity contribution >= 4 is 36.0 Å². The van der Waals surface area contributed by atoms with E-state index < -0.39 is 11.7 Å². The molecule has 1 aromatic heterocycles. The van der Waals surface area contributed by atoms with Crippen LogP contribution in [0.25, 0.3) is 0 Å². The van der Waals surface area contributed by atoms with Gasteiger partial charge in [0.1, 0.15) is 11.4 Å². The molecule has 26 heavy (non-hydrogen) atoms. The average molecular weight is 481 g/mol. The van der Waals surface area contributed by atoms with Crippen molar-refractivity contribution in [1.29, 1.82) is 0 Å². The fourth-order valence-corrected chi connectivity index (χ4v) is 2.19. The Morgan fingerprint density at radius 2 is 1.81 bits per heavy atom. The molecule has 0 fully saturated rings. The summed E-state index contributed by atoms with van der Waals surface area (Å²) in [6.45, 7) is 11.1. The zero-order chi connectivity index (χ0) is 18.9. The Kier molecular flexibility index (Phi) is 11.3. The normalized spacial score (nSPS) is 11.5. The second-order valence-corrected chi connectivity index (χ2v) is 6.52. The predicted octanol–water partition coefficient (Wildman–Crippen LogP) is 2.61. The van der Waals surface area contributed by atoms with Gasteiger partial charge in [0.15, 0.2) is 5.96 Å². The van der Waals surface area contributed by atoms with Gasteiger partial charge in [-0.1, -0.05) is 19.0 Å². The summed E-state index contributed by atoms with van der Waals surface area (Å²) in [5.74, 6) is 1.54. The van der Waals surface area contributed by atoms with Crippen LogP contribution in [0.4, 0.5) is 4.79 Å². The number of halogens is 1. The summed E-state index contributed by atoms with van der Waals surface area (Å²) < 4.78 is 10.5. The number of hydrogen-bond donors (Lipinski definition) is 3. The van der Waals surface area contributed by atoms with Gasteiger partial charge in [-0.2, -0.15) is 0 Å². The van der Waals surface area contributed by atoms with Crippen LogP contribution in [0.5, 0.6) is 0 Å². The van der Waals surface area contributed by atoms with E-state index >= 15 is 0 Å². The van der Waals surface area contributed by atoms with E-state index in [0.29, 0.717) is 25.6 Å². The Balaban J connectivity index is 0.00000625. The molecule has 0 saturated heterocycles. The molecule has 0 unspecified atom stereocenters.